The molecular weight excluding hydrogens is 224 g/mol. The van der Waals surface area contributed by atoms with Gasteiger partial charge in [0.1, 0.15) is 0 Å². The Hall–Kier alpha value is -0.930. The highest BCUT2D eigenvalue weighted by molar-refractivity contribution is 6.31. The lowest BCUT2D eigenvalue weighted by atomic mass is 10.1. The van der Waals surface area contributed by atoms with Crippen molar-refractivity contribution in [2.24, 2.45) is 0 Å². The molecule has 4 heteroatoms. The quantitative estimate of drug-likeness (QED) is 0.833. The Labute approximate surface area is 101 Å². The van der Waals surface area contributed by atoms with E-state index in [0.717, 1.165) is 29.5 Å². The third-order valence-corrected chi connectivity index (χ3v) is 2.81. The third-order valence-electron chi connectivity index (χ3n) is 2.57. The van der Waals surface area contributed by atoms with Crippen molar-refractivity contribution >= 4 is 23.0 Å². The second kappa shape index (κ2) is 4.15. The second-order valence-electron chi connectivity index (χ2n) is 4.82. The van der Waals surface area contributed by atoms with Crippen LogP contribution in [-0.4, -0.2) is 30.3 Å². The number of nitrogens with one attached hydrogen (secondary N) is 1. The summed E-state index contributed by atoms with van der Waals surface area (Å²) in [7, 11) is 0. The summed E-state index contributed by atoms with van der Waals surface area (Å²) in [5.41, 5.74) is 1.47. The summed E-state index contributed by atoms with van der Waals surface area (Å²) in [4.78, 5) is 2.18. The lowest BCUT2D eigenvalue weighted by Gasteiger charge is -2.35. The smallest absolute Gasteiger partial charge is 0.0765 e. The number of nitrogens with zero attached hydrogens (tertiary/aromatic N) is 1. The van der Waals surface area contributed by atoms with E-state index < -0.39 is 5.60 Å². The Morgan fingerprint density at radius 1 is 1.50 bits per heavy atom. The lowest BCUT2D eigenvalue weighted by molar-refractivity contribution is 0.0874. The molecule has 1 aromatic carbocycles. The highest BCUT2D eigenvalue weighted by Crippen LogP contribution is 2.32. The molecule has 0 atom stereocenters. The van der Waals surface area contributed by atoms with Crippen LogP contribution in [0.5, 0.6) is 0 Å². The molecule has 2 N–H and O–H groups in total. The van der Waals surface area contributed by atoms with Gasteiger partial charge in [-0.3, -0.25) is 0 Å². The fourth-order valence-electron chi connectivity index (χ4n) is 2.00. The normalized spacial score (nSPS) is 15.6. The summed E-state index contributed by atoms with van der Waals surface area (Å²) in [5.74, 6) is 0. The van der Waals surface area contributed by atoms with Gasteiger partial charge in [0, 0.05) is 24.7 Å². The van der Waals surface area contributed by atoms with Crippen LogP contribution in [0.1, 0.15) is 13.8 Å². The zero-order valence-corrected chi connectivity index (χ0v) is 10.4. The summed E-state index contributed by atoms with van der Waals surface area (Å²) < 4.78 is 0. The van der Waals surface area contributed by atoms with E-state index in [1.165, 1.54) is 0 Å². The van der Waals surface area contributed by atoms with Crippen molar-refractivity contribution in [3.63, 3.8) is 0 Å². The molecule has 0 spiro atoms. The van der Waals surface area contributed by atoms with Crippen molar-refractivity contribution in [3.8, 4) is 0 Å². The van der Waals surface area contributed by atoms with E-state index in [2.05, 4.69) is 10.2 Å². The predicted octanol–water partition coefficient (Wildman–Crippen LogP) is 2.34. The number of benzene rings is 1. The van der Waals surface area contributed by atoms with Crippen LogP contribution < -0.4 is 10.2 Å². The van der Waals surface area contributed by atoms with Gasteiger partial charge in [-0.2, -0.15) is 0 Å². The Morgan fingerprint density at radius 3 is 2.94 bits per heavy atom. The van der Waals surface area contributed by atoms with Crippen molar-refractivity contribution in [1.29, 1.82) is 0 Å². The van der Waals surface area contributed by atoms with Crippen LogP contribution >= 0.6 is 11.6 Å². The van der Waals surface area contributed by atoms with Gasteiger partial charge in [0.05, 0.1) is 17.0 Å². The number of hydrogen-bond acceptors (Lipinski definition) is 3. The van der Waals surface area contributed by atoms with E-state index in [1.54, 1.807) is 0 Å². The van der Waals surface area contributed by atoms with Crippen molar-refractivity contribution in [3.05, 3.63) is 23.2 Å². The maximum absolute atomic E-state index is 9.86. The summed E-state index contributed by atoms with van der Waals surface area (Å²) in [5, 5.41) is 13.9. The van der Waals surface area contributed by atoms with Crippen LogP contribution in [0.15, 0.2) is 18.2 Å². The third kappa shape index (κ3) is 2.60. The maximum atomic E-state index is 9.86. The van der Waals surface area contributed by atoms with Crippen molar-refractivity contribution in [2.75, 3.05) is 29.9 Å². The molecule has 0 unspecified atom stereocenters. The summed E-state index contributed by atoms with van der Waals surface area (Å²) in [6.45, 7) is 6.06. The first kappa shape index (κ1) is 11.6. The summed E-state index contributed by atoms with van der Waals surface area (Å²) in [6, 6.07) is 5.80. The average molecular weight is 241 g/mol. The van der Waals surface area contributed by atoms with E-state index in [4.69, 9.17) is 11.6 Å². The van der Waals surface area contributed by atoms with Gasteiger partial charge in [-0.1, -0.05) is 11.6 Å². The molecule has 0 saturated carbocycles. The lowest BCUT2D eigenvalue weighted by Crippen LogP contribution is -2.43. The molecule has 88 valence electrons. The highest BCUT2D eigenvalue weighted by Gasteiger charge is 2.22. The topological polar surface area (TPSA) is 35.5 Å². The van der Waals surface area contributed by atoms with E-state index in [-0.39, 0.29) is 0 Å². The fourth-order valence-corrected chi connectivity index (χ4v) is 2.17. The van der Waals surface area contributed by atoms with Crippen molar-refractivity contribution in [2.45, 2.75) is 19.4 Å². The largest absolute Gasteiger partial charge is 0.389 e. The Morgan fingerprint density at radius 2 is 2.25 bits per heavy atom. The average Bonchev–Trinajstić information content (AvgIpc) is 2.15. The van der Waals surface area contributed by atoms with Gasteiger partial charge in [0.25, 0.3) is 0 Å². The van der Waals surface area contributed by atoms with Crippen LogP contribution in [-0.2, 0) is 0 Å². The number of β-amino-alcohol motifs (C(OH)–C–C–N with tert-alkyl or cyclic N) is 1. The van der Waals surface area contributed by atoms with Gasteiger partial charge in [-0.15, -0.1) is 0 Å². The molecule has 3 nitrogen and oxygen atoms in total. The molecule has 0 aliphatic carbocycles. The molecule has 0 bridgehead atoms. The molecule has 0 aromatic heterocycles. The minimum Gasteiger partial charge on any atom is -0.389 e. The summed E-state index contributed by atoms with van der Waals surface area (Å²) >= 11 is 5.95. The number of rotatable bonds is 2. The minimum absolute atomic E-state index is 0.628. The first-order valence-corrected chi connectivity index (χ1v) is 5.84. The van der Waals surface area contributed by atoms with E-state index in [0.29, 0.717) is 6.54 Å². The number of fused-ring (bicyclic) bond motifs is 1. The van der Waals surface area contributed by atoms with Crippen LogP contribution in [0.4, 0.5) is 11.4 Å². The first-order chi connectivity index (χ1) is 7.46. The summed E-state index contributed by atoms with van der Waals surface area (Å²) in [6.07, 6.45) is 0. The van der Waals surface area contributed by atoms with Gasteiger partial charge < -0.3 is 15.3 Å². The van der Waals surface area contributed by atoms with Gasteiger partial charge in [0.15, 0.2) is 0 Å². The molecule has 0 amide bonds. The molecule has 1 heterocycles. The van der Waals surface area contributed by atoms with Gasteiger partial charge in [0.2, 0.25) is 0 Å². The van der Waals surface area contributed by atoms with Gasteiger partial charge >= 0.3 is 0 Å². The Balaban J connectivity index is 2.26. The van der Waals surface area contributed by atoms with Gasteiger partial charge in [-0.25, -0.2) is 0 Å². The van der Waals surface area contributed by atoms with Crippen molar-refractivity contribution in [1.82, 2.24) is 0 Å². The second-order valence-corrected chi connectivity index (χ2v) is 5.26. The predicted molar refractivity (Wildman–Crippen MR) is 68.5 cm³/mol. The SMILES string of the molecule is CC(C)(O)CN1CCNc2cc(Cl)ccc21. The molecule has 16 heavy (non-hydrogen) atoms. The first-order valence-electron chi connectivity index (χ1n) is 5.46. The number of aliphatic hydroxyl groups is 1. The number of halogens is 1. The Kier molecular flexibility index (Phi) is 3.00. The molecule has 2 rings (SSSR count). The molecule has 0 saturated heterocycles. The van der Waals surface area contributed by atoms with Crippen LogP contribution in [0, 0.1) is 0 Å². The number of anilines is 2. The fraction of sp³-hybridized carbons (Fsp3) is 0.500. The number of hydrogen-bond donors (Lipinski definition) is 2. The maximum Gasteiger partial charge on any atom is 0.0765 e. The molecule has 1 aliphatic rings. The van der Waals surface area contributed by atoms with E-state index >= 15 is 0 Å². The minimum atomic E-state index is -0.686. The van der Waals surface area contributed by atoms with Crippen molar-refractivity contribution < 1.29 is 5.11 Å². The zero-order valence-electron chi connectivity index (χ0n) is 9.63. The zero-order chi connectivity index (χ0) is 11.8. The van der Waals surface area contributed by atoms with Gasteiger partial charge in [-0.05, 0) is 32.0 Å². The molecule has 0 radical (unpaired) electrons. The standard InChI is InChI=1S/C12H17ClN2O/c1-12(2,16)8-15-6-5-14-10-7-9(13)3-4-11(10)15/h3-4,7,14,16H,5-6,8H2,1-2H3. The highest BCUT2D eigenvalue weighted by atomic mass is 35.5. The molecule has 0 fully saturated rings. The van der Waals surface area contributed by atoms with Crippen LogP contribution in [0.2, 0.25) is 5.02 Å². The van der Waals surface area contributed by atoms with Crippen LogP contribution in [0.3, 0.4) is 0 Å². The van der Waals surface area contributed by atoms with E-state index in [1.807, 2.05) is 32.0 Å². The molecule has 1 aliphatic heterocycles. The van der Waals surface area contributed by atoms with Crippen LogP contribution in [0.25, 0.3) is 0 Å². The molecule has 1 aromatic rings. The monoisotopic (exact) mass is 240 g/mol. The molecular formula is C12H17ClN2O. The Bertz CT molecular complexity index is 387. The van der Waals surface area contributed by atoms with E-state index in [9.17, 15) is 5.11 Å².